The van der Waals surface area contributed by atoms with E-state index in [2.05, 4.69) is 14.3 Å². The number of aromatic nitrogens is 3. The molecule has 9 heteroatoms. The highest BCUT2D eigenvalue weighted by molar-refractivity contribution is 7.89. The Balaban J connectivity index is 2.05. The van der Waals surface area contributed by atoms with Gasteiger partial charge in [0, 0.05) is 32.3 Å². The van der Waals surface area contributed by atoms with Crippen LogP contribution in [0.5, 0.6) is 0 Å². The van der Waals surface area contributed by atoms with E-state index >= 15 is 0 Å². The highest BCUT2D eigenvalue weighted by atomic mass is 32.2. The van der Waals surface area contributed by atoms with E-state index in [9.17, 15) is 8.42 Å². The first-order valence-electron chi connectivity index (χ1n) is 10.4. The molecule has 0 unspecified atom stereocenters. The second kappa shape index (κ2) is 10.9. The van der Waals surface area contributed by atoms with Crippen LogP contribution in [0.4, 0.5) is 5.82 Å². The molecule has 0 fully saturated rings. The molecule has 8 nitrogen and oxygen atoms in total. The number of methoxy groups -OCH3 is 1. The van der Waals surface area contributed by atoms with Crippen LogP contribution in [0.2, 0.25) is 0 Å². The zero-order valence-corrected chi connectivity index (χ0v) is 18.9. The van der Waals surface area contributed by atoms with Gasteiger partial charge in [0.25, 0.3) is 0 Å². The van der Waals surface area contributed by atoms with Crippen molar-refractivity contribution in [3.8, 4) is 0 Å². The lowest BCUT2D eigenvalue weighted by Crippen LogP contribution is -2.27. The number of pyridine rings is 1. The van der Waals surface area contributed by atoms with E-state index in [1.54, 1.807) is 7.11 Å². The number of aryl methyl sites for hydroxylation is 3. The largest absolute Gasteiger partial charge is 0.384 e. The summed E-state index contributed by atoms with van der Waals surface area (Å²) in [7, 11) is -1.50. The lowest BCUT2D eigenvalue weighted by Gasteiger charge is -2.12. The van der Waals surface area contributed by atoms with Crippen LogP contribution in [0.15, 0.2) is 0 Å². The Morgan fingerprint density at radius 2 is 1.90 bits per heavy atom. The van der Waals surface area contributed by atoms with E-state index in [1.165, 1.54) is 0 Å². The van der Waals surface area contributed by atoms with Gasteiger partial charge in [0.15, 0.2) is 5.82 Å². The zero-order chi connectivity index (χ0) is 21.4. The molecule has 0 amide bonds. The van der Waals surface area contributed by atoms with E-state index < -0.39 is 10.0 Å². The summed E-state index contributed by atoms with van der Waals surface area (Å²) in [5.74, 6) is 1.55. The van der Waals surface area contributed by atoms with Crippen molar-refractivity contribution >= 4 is 26.9 Å². The first-order chi connectivity index (χ1) is 13.8. The lowest BCUT2D eigenvalue weighted by molar-refractivity contribution is 0.199. The van der Waals surface area contributed by atoms with Crippen molar-refractivity contribution in [2.75, 3.05) is 31.7 Å². The summed E-state index contributed by atoms with van der Waals surface area (Å²) in [6.07, 6.45) is 4.88. The van der Waals surface area contributed by atoms with E-state index in [0.717, 1.165) is 60.3 Å². The van der Waals surface area contributed by atoms with Crippen molar-refractivity contribution in [2.24, 2.45) is 0 Å². The van der Waals surface area contributed by atoms with Crippen molar-refractivity contribution in [1.29, 1.82) is 0 Å². The molecule has 3 N–H and O–H groups in total. The number of hydrogen-bond acceptors (Lipinski definition) is 6. The lowest BCUT2D eigenvalue weighted by atomic mass is 10.2. The molecule has 0 aliphatic heterocycles. The van der Waals surface area contributed by atoms with Crippen LogP contribution in [0.25, 0.3) is 11.0 Å². The molecular weight excluding hydrogens is 390 g/mol. The maximum Gasteiger partial charge on any atom is 0.211 e. The van der Waals surface area contributed by atoms with Gasteiger partial charge < -0.3 is 15.0 Å². The number of hydrogen-bond donors (Lipinski definition) is 2. The molecule has 0 aliphatic rings. The molecule has 2 heterocycles. The Kier molecular flexibility index (Phi) is 8.85. The van der Waals surface area contributed by atoms with Gasteiger partial charge in [0.2, 0.25) is 10.0 Å². The molecule has 0 spiro atoms. The summed E-state index contributed by atoms with van der Waals surface area (Å²) in [5, 5.41) is 0. The topological polar surface area (TPSA) is 112 Å². The molecule has 0 atom stereocenters. The predicted octanol–water partition coefficient (Wildman–Crippen LogP) is 2.71. The number of sulfonamides is 1. The maximum atomic E-state index is 12.0. The van der Waals surface area contributed by atoms with Gasteiger partial charge >= 0.3 is 0 Å². The molecule has 0 bridgehead atoms. The molecule has 0 aromatic carbocycles. The number of nitrogens with one attached hydrogen (secondary N) is 1. The van der Waals surface area contributed by atoms with Crippen LogP contribution >= 0.6 is 0 Å². The van der Waals surface area contributed by atoms with Crippen LogP contribution in [-0.4, -0.2) is 49.0 Å². The van der Waals surface area contributed by atoms with Crippen molar-refractivity contribution in [1.82, 2.24) is 19.3 Å². The van der Waals surface area contributed by atoms with E-state index in [-0.39, 0.29) is 5.75 Å². The second-order valence-electron chi connectivity index (χ2n) is 7.45. The molecule has 2 aromatic heterocycles. The van der Waals surface area contributed by atoms with Crippen molar-refractivity contribution < 1.29 is 13.2 Å². The van der Waals surface area contributed by atoms with Crippen LogP contribution in [0.3, 0.4) is 0 Å². The normalized spacial score (nSPS) is 12.1. The fourth-order valence-electron chi connectivity index (χ4n) is 3.39. The Labute approximate surface area is 174 Å². The Bertz CT molecular complexity index is 909. The van der Waals surface area contributed by atoms with Crippen LogP contribution in [0, 0.1) is 13.8 Å². The fraction of sp³-hybridized carbons (Fsp3) is 0.700. The average molecular weight is 426 g/mol. The van der Waals surface area contributed by atoms with Gasteiger partial charge in [-0.05, 0) is 38.7 Å². The zero-order valence-electron chi connectivity index (χ0n) is 18.1. The van der Waals surface area contributed by atoms with Gasteiger partial charge in [0.1, 0.15) is 11.3 Å². The average Bonchev–Trinajstić information content (AvgIpc) is 3.03. The molecule has 164 valence electrons. The van der Waals surface area contributed by atoms with Gasteiger partial charge in [-0.2, -0.15) is 0 Å². The number of imidazole rings is 1. The van der Waals surface area contributed by atoms with E-state index in [4.69, 9.17) is 15.5 Å². The predicted molar refractivity (Wildman–Crippen MR) is 118 cm³/mol. The van der Waals surface area contributed by atoms with E-state index in [0.29, 0.717) is 31.8 Å². The highest BCUT2D eigenvalue weighted by Gasteiger charge is 2.17. The molecule has 29 heavy (non-hydrogen) atoms. The maximum absolute atomic E-state index is 12.0. The third kappa shape index (κ3) is 6.38. The summed E-state index contributed by atoms with van der Waals surface area (Å²) in [6.45, 7) is 7.91. The molecular formula is C20H35N5O3S. The molecule has 0 saturated heterocycles. The number of rotatable bonds is 13. The summed E-state index contributed by atoms with van der Waals surface area (Å²) >= 11 is 0. The summed E-state index contributed by atoms with van der Waals surface area (Å²) in [5.41, 5.74) is 9.86. The smallest absolute Gasteiger partial charge is 0.211 e. The van der Waals surface area contributed by atoms with Gasteiger partial charge in [-0.3, -0.25) is 0 Å². The summed E-state index contributed by atoms with van der Waals surface area (Å²) < 4.78 is 34.1. The van der Waals surface area contributed by atoms with Crippen LogP contribution in [0.1, 0.15) is 56.1 Å². The number of ether oxygens (including phenoxy) is 1. The monoisotopic (exact) mass is 425 g/mol. The highest BCUT2D eigenvalue weighted by Crippen LogP contribution is 2.26. The molecule has 0 saturated carbocycles. The number of nitrogens with two attached hydrogens (primary N) is 1. The summed E-state index contributed by atoms with van der Waals surface area (Å²) in [6, 6.07) is 0. The third-order valence-corrected chi connectivity index (χ3v) is 6.62. The first kappa shape index (κ1) is 23.6. The number of nitrogens with zero attached hydrogens (tertiary/aromatic N) is 3. The SMILES string of the molecule is CCCCNS(=O)(=O)CCCCCn1c(CCOC)nc2c(N)nc(C)c(C)c21. The minimum atomic E-state index is -3.17. The number of nitrogen functional groups attached to an aromatic ring is 1. The van der Waals surface area contributed by atoms with Crippen molar-refractivity contribution in [3.05, 3.63) is 17.1 Å². The Hall–Kier alpha value is -1.71. The molecule has 0 radical (unpaired) electrons. The molecule has 0 aliphatic carbocycles. The van der Waals surface area contributed by atoms with Gasteiger partial charge in [-0.25, -0.2) is 23.1 Å². The Morgan fingerprint density at radius 1 is 1.14 bits per heavy atom. The second-order valence-corrected chi connectivity index (χ2v) is 9.38. The van der Waals surface area contributed by atoms with Gasteiger partial charge in [-0.15, -0.1) is 0 Å². The fourth-order valence-corrected chi connectivity index (χ4v) is 4.57. The molecule has 2 aromatic rings. The molecule has 2 rings (SSSR count). The third-order valence-electron chi connectivity index (χ3n) is 5.15. The van der Waals surface area contributed by atoms with E-state index in [1.807, 2.05) is 20.8 Å². The first-order valence-corrected chi connectivity index (χ1v) is 12.0. The van der Waals surface area contributed by atoms with Crippen molar-refractivity contribution in [2.45, 2.75) is 65.8 Å². The minimum absolute atomic E-state index is 0.174. The standard InChI is InChI=1S/C20H35N5O3S/c1-5-6-11-22-29(26,27)14-9-7-8-12-25-17(10-13-28-4)24-18-19(25)15(2)16(3)23-20(18)21/h22H,5-14H2,1-4H3,(H2,21,23). The summed E-state index contributed by atoms with van der Waals surface area (Å²) in [4.78, 5) is 9.12. The van der Waals surface area contributed by atoms with Crippen LogP contribution in [-0.2, 0) is 27.7 Å². The number of anilines is 1. The number of fused-ring (bicyclic) bond motifs is 1. The number of unbranched alkanes of at least 4 members (excludes halogenated alkanes) is 3. The Morgan fingerprint density at radius 3 is 2.59 bits per heavy atom. The van der Waals surface area contributed by atoms with Gasteiger partial charge in [-0.1, -0.05) is 19.8 Å². The van der Waals surface area contributed by atoms with Crippen LogP contribution < -0.4 is 10.5 Å². The van der Waals surface area contributed by atoms with Crippen molar-refractivity contribution in [3.63, 3.8) is 0 Å². The quantitative estimate of drug-likeness (QED) is 0.477. The van der Waals surface area contributed by atoms with Gasteiger partial charge in [0.05, 0.1) is 17.9 Å². The minimum Gasteiger partial charge on any atom is -0.384 e.